The number of likely N-dealkylation sites (tertiary alicyclic amines) is 1. The number of piperidine rings is 1. The molecule has 2 aromatic rings. The number of anilines is 1. The molecule has 5 rings (SSSR count). The number of hydrogen-bond donors (Lipinski definition) is 3. The van der Waals surface area contributed by atoms with Gasteiger partial charge in [-0.15, -0.1) is 0 Å². The van der Waals surface area contributed by atoms with E-state index in [0.717, 1.165) is 0 Å². The molecule has 0 radical (unpaired) electrons. The van der Waals surface area contributed by atoms with E-state index in [9.17, 15) is 24.6 Å². The summed E-state index contributed by atoms with van der Waals surface area (Å²) in [5.74, 6) is -0.0701. The first-order chi connectivity index (χ1) is 17.0. The number of amides is 3. The Morgan fingerprint density at radius 3 is 2.67 bits per heavy atom. The van der Waals surface area contributed by atoms with E-state index < -0.39 is 11.8 Å². The number of fused-ring (bicyclic) bond motifs is 2. The standard InChI is InChI=1S/C27H31N3O6/c1-26(2,3)22-12-16(10-11-29(22)25(33)34)14-30-24(32)18-6-4-5-7-19(18)27(30,35)17-8-9-21-20(13-17)28-23(31)15-36-21/h4-9,13,16,22,35H,10-12,14-15H2,1-3H3,(H,28,31)(H,33,34). The van der Waals surface area contributed by atoms with Crippen molar-refractivity contribution in [3.63, 3.8) is 0 Å². The Kier molecular flexibility index (Phi) is 5.70. The summed E-state index contributed by atoms with van der Waals surface area (Å²) in [5, 5.41) is 24.8. The average molecular weight is 494 g/mol. The number of aliphatic hydroxyl groups is 1. The molecule has 3 heterocycles. The van der Waals surface area contributed by atoms with Crippen LogP contribution in [0.15, 0.2) is 42.5 Å². The van der Waals surface area contributed by atoms with Gasteiger partial charge in [0.15, 0.2) is 12.3 Å². The van der Waals surface area contributed by atoms with Crippen LogP contribution in [0.2, 0.25) is 0 Å². The predicted octanol–water partition coefficient (Wildman–Crippen LogP) is 3.47. The van der Waals surface area contributed by atoms with Crippen LogP contribution in [0.25, 0.3) is 0 Å². The van der Waals surface area contributed by atoms with Gasteiger partial charge < -0.3 is 30.1 Å². The second kappa shape index (κ2) is 8.51. The van der Waals surface area contributed by atoms with Crippen LogP contribution in [-0.2, 0) is 10.5 Å². The van der Waals surface area contributed by atoms with Crippen molar-refractivity contribution in [2.24, 2.45) is 11.3 Å². The molecule has 1 saturated heterocycles. The van der Waals surface area contributed by atoms with E-state index in [0.29, 0.717) is 47.5 Å². The lowest BCUT2D eigenvalue weighted by Crippen LogP contribution is -2.54. The Labute approximate surface area is 209 Å². The fraction of sp³-hybridized carbons (Fsp3) is 0.444. The maximum absolute atomic E-state index is 13.6. The van der Waals surface area contributed by atoms with E-state index in [1.807, 2.05) is 20.8 Å². The molecule has 0 spiro atoms. The van der Waals surface area contributed by atoms with Crippen LogP contribution in [0.4, 0.5) is 10.5 Å². The van der Waals surface area contributed by atoms with Crippen molar-refractivity contribution in [3.05, 3.63) is 59.2 Å². The van der Waals surface area contributed by atoms with E-state index in [1.165, 1.54) is 9.80 Å². The van der Waals surface area contributed by atoms with Crippen molar-refractivity contribution in [1.82, 2.24) is 9.80 Å². The molecule has 2 aromatic carbocycles. The molecule has 3 amide bonds. The number of nitrogens with zero attached hydrogens (tertiary/aromatic N) is 2. The molecule has 190 valence electrons. The minimum atomic E-state index is -1.74. The van der Waals surface area contributed by atoms with Gasteiger partial charge in [-0.05, 0) is 42.4 Å². The van der Waals surface area contributed by atoms with Crippen LogP contribution in [-0.4, -0.2) is 63.7 Å². The topological polar surface area (TPSA) is 119 Å². The number of nitrogens with one attached hydrogen (secondary N) is 1. The van der Waals surface area contributed by atoms with E-state index in [2.05, 4.69) is 5.32 Å². The van der Waals surface area contributed by atoms with Crippen LogP contribution in [0.5, 0.6) is 5.75 Å². The molecule has 3 aliphatic heterocycles. The molecule has 3 N–H and O–H groups in total. The lowest BCUT2D eigenvalue weighted by molar-refractivity contribution is -0.118. The first-order valence-electron chi connectivity index (χ1n) is 12.2. The number of carboxylic acid groups (broad SMARTS) is 1. The zero-order valence-electron chi connectivity index (χ0n) is 20.7. The van der Waals surface area contributed by atoms with Crippen LogP contribution in [0.1, 0.15) is 55.1 Å². The quantitative estimate of drug-likeness (QED) is 0.602. The summed E-state index contributed by atoms with van der Waals surface area (Å²) in [6, 6.07) is 11.8. The summed E-state index contributed by atoms with van der Waals surface area (Å²) in [7, 11) is 0. The SMILES string of the molecule is CC(C)(C)C1CC(CN2C(=O)c3ccccc3C2(O)c2ccc3c(c2)NC(=O)CO3)CCN1C(=O)O. The largest absolute Gasteiger partial charge is 0.482 e. The summed E-state index contributed by atoms with van der Waals surface area (Å²) >= 11 is 0. The monoisotopic (exact) mass is 493 g/mol. The second-order valence-corrected chi connectivity index (χ2v) is 10.9. The highest BCUT2D eigenvalue weighted by molar-refractivity contribution is 6.00. The van der Waals surface area contributed by atoms with Crippen molar-refractivity contribution in [3.8, 4) is 5.75 Å². The summed E-state index contributed by atoms with van der Waals surface area (Å²) in [6.07, 6.45) is 0.233. The third-order valence-corrected chi connectivity index (χ3v) is 7.58. The third-order valence-electron chi connectivity index (χ3n) is 7.58. The number of ether oxygens (including phenoxy) is 1. The third kappa shape index (κ3) is 3.87. The minimum Gasteiger partial charge on any atom is -0.482 e. The predicted molar refractivity (Wildman–Crippen MR) is 132 cm³/mol. The first-order valence-corrected chi connectivity index (χ1v) is 12.2. The molecule has 0 aliphatic carbocycles. The fourth-order valence-corrected chi connectivity index (χ4v) is 5.75. The zero-order chi connectivity index (χ0) is 25.8. The highest BCUT2D eigenvalue weighted by Gasteiger charge is 2.51. The molecular formula is C27H31N3O6. The molecule has 36 heavy (non-hydrogen) atoms. The van der Waals surface area contributed by atoms with Gasteiger partial charge in [0.2, 0.25) is 0 Å². The van der Waals surface area contributed by atoms with Gasteiger partial charge in [0.05, 0.1) is 5.69 Å². The van der Waals surface area contributed by atoms with E-state index in [4.69, 9.17) is 4.74 Å². The van der Waals surface area contributed by atoms with Gasteiger partial charge in [0.1, 0.15) is 5.75 Å². The Balaban J connectivity index is 1.51. The number of carbonyl (C=O) groups is 3. The number of hydrogen-bond acceptors (Lipinski definition) is 5. The molecule has 1 fully saturated rings. The van der Waals surface area contributed by atoms with Crippen LogP contribution in [0, 0.1) is 11.3 Å². The molecule has 0 aromatic heterocycles. The van der Waals surface area contributed by atoms with E-state index >= 15 is 0 Å². The van der Waals surface area contributed by atoms with Crippen molar-refractivity contribution in [1.29, 1.82) is 0 Å². The highest BCUT2D eigenvalue weighted by atomic mass is 16.5. The highest BCUT2D eigenvalue weighted by Crippen LogP contribution is 2.46. The lowest BCUT2D eigenvalue weighted by atomic mass is 9.77. The summed E-state index contributed by atoms with van der Waals surface area (Å²) in [4.78, 5) is 40.4. The number of benzene rings is 2. The Hall–Kier alpha value is -3.59. The molecular weight excluding hydrogens is 462 g/mol. The van der Waals surface area contributed by atoms with Gasteiger partial charge >= 0.3 is 6.09 Å². The average Bonchev–Trinajstić information content (AvgIpc) is 3.05. The van der Waals surface area contributed by atoms with Crippen molar-refractivity contribution >= 4 is 23.6 Å². The van der Waals surface area contributed by atoms with E-state index in [1.54, 1.807) is 42.5 Å². The van der Waals surface area contributed by atoms with Gasteiger partial charge in [-0.3, -0.25) is 9.59 Å². The van der Waals surface area contributed by atoms with Crippen LogP contribution >= 0.6 is 0 Å². The van der Waals surface area contributed by atoms with Crippen molar-refractivity contribution < 1.29 is 29.3 Å². The van der Waals surface area contributed by atoms with Crippen molar-refractivity contribution in [2.45, 2.75) is 45.4 Å². The lowest BCUT2D eigenvalue weighted by Gasteiger charge is -2.46. The zero-order valence-corrected chi connectivity index (χ0v) is 20.7. The van der Waals surface area contributed by atoms with Gasteiger partial charge in [-0.25, -0.2) is 4.79 Å². The maximum atomic E-state index is 13.6. The number of carbonyl (C=O) groups excluding carboxylic acids is 2. The normalized spacial score (nSPS) is 25.7. The molecule has 0 saturated carbocycles. The summed E-state index contributed by atoms with van der Waals surface area (Å²) in [6.45, 7) is 6.63. The van der Waals surface area contributed by atoms with Gasteiger partial charge in [0.25, 0.3) is 11.8 Å². The summed E-state index contributed by atoms with van der Waals surface area (Å²) in [5.41, 5.74) is -0.229. The fourth-order valence-electron chi connectivity index (χ4n) is 5.75. The smallest absolute Gasteiger partial charge is 0.407 e. The molecule has 3 aliphatic rings. The van der Waals surface area contributed by atoms with Gasteiger partial charge in [-0.2, -0.15) is 0 Å². The van der Waals surface area contributed by atoms with Crippen LogP contribution in [0.3, 0.4) is 0 Å². The second-order valence-electron chi connectivity index (χ2n) is 10.9. The first kappa shape index (κ1) is 24.1. The molecule has 9 heteroatoms. The Bertz CT molecular complexity index is 1240. The van der Waals surface area contributed by atoms with Gasteiger partial charge in [0, 0.05) is 35.8 Å². The minimum absolute atomic E-state index is 0.00437. The molecule has 3 unspecified atom stereocenters. The van der Waals surface area contributed by atoms with Crippen molar-refractivity contribution in [2.75, 3.05) is 25.0 Å². The number of rotatable bonds is 3. The molecule has 0 bridgehead atoms. The summed E-state index contributed by atoms with van der Waals surface area (Å²) < 4.78 is 5.47. The maximum Gasteiger partial charge on any atom is 0.407 e. The molecule has 3 atom stereocenters. The Morgan fingerprint density at radius 1 is 1.19 bits per heavy atom. The van der Waals surface area contributed by atoms with Gasteiger partial charge in [-0.1, -0.05) is 45.0 Å². The van der Waals surface area contributed by atoms with E-state index in [-0.39, 0.29) is 42.3 Å². The molecule has 9 nitrogen and oxygen atoms in total. The van der Waals surface area contributed by atoms with Crippen LogP contribution < -0.4 is 10.1 Å². The Morgan fingerprint density at radius 2 is 1.94 bits per heavy atom.